The van der Waals surface area contributed by atoms with Crippen molar-refractivity contribution in [1.29, 1.82) is 0 Å². The lowest BCUT2D eigenvalue weighted by Crippen LogP contribution is -2.58. The van der Waals surface area contributed by atoms with Crippen molar-refractivity contribution >= 4 is 24.5 Å². The van der Waals surface area contributed by atoms with E-state index in [0.29, 0.717) is 11.8 Å². The number of carbonyl (C=O) groups is 2. The van der Waals surface area contributed by atoms with E-state index in [9.17, 15) is 9.59 Å². The fraction of sp³-hybridized carbons (Fsp3) is 0.895. The van der Waals surface area contributed by atoms with Gasteiger partial charge in [0.05, 0.1) is 0 Å². The molecule has 3 atom stereocenters. The van der Waals surface area contributed by atoms with Crippen LogP contribution < -0.4 is 0 Å². The summed E-state index contributed by atoms with van der Waals surface area (Å²) in [5.41, 5.74) is 0. The number of amides is 1. The van der Waals surface area contributed by atoms with Gasteiger partial charge in [0.25, 0.3) is 0 Å². The molecule has 5 heteroatoms. The summed E-state index contributed by atoms with van der Waals surface area (Å²) in [7, 11) is 0. The molecule has 1 amide bonds. The number of hydrogen-bond acceptors (Lipinski definition) is 4. The summed E-state index contributed by atoms with van der Waals surface area (Å²) >= 11 is 4.35. The molecule has 0 aromatic rings. The molecular formula is C19H36N2O2S. The van der Waals surface area contributed by atoms with Crippen molar-refractivity contribution in [2.75, 3.05) is 19.6 Å². The van der Waals surface area contributed by atoms with E-state index in [1.165, 1.54) is 6.42 Å². The highest BCUT2D eigenvalue weighted by Crippen LogP contribution is 2.40. The van der Waals surface area contributed by atoms with E-state index < -0.39 is 0 Å². The second-order valence-corrected chi connectivity index (χ2v) is 7.25. The third-order valence-electron chi connectivity index (χ3n) is 5.40. The summed E-state index contributed by atoms with van der Waals surface area (Å²) in [4.78, 5) is 26.7. The number of carbonyl (C=O) groups excluding carboxylic acids is 2. The van der Waals surface area contributed by atoms with Gasteiger partial charge in [0.2, 0.25) is 5.91 Å². The van der Waals surface area contributed by atoms with Crippen molar-refractivity contribution < 1.29 is 9.59 Å². The fourth-order valence-corrected chi connectivity index (χ4v) is 4.46. The van der Waals surface area contributed by atoms with Crippen molar-refractivity contribution in [1.82, 2.24) is 9.21 Å². The third-order valence-corrected chi connectivity index (χ3v) is 5.80. The van der Waals surface area contributed by atoms with E-state index >= 15 is 0 Å². The lowest BCUT2D eigenvalue weighted by atomic mass is 9.71. The van der Waals surface area contributed by atoms with Crippen molar-refractivity contribution in [3.8, 4) is 0 Å². The average Bonchev–Trinajstić information content (AvgIpc) is 2.65. The zero-order valence-electron chi connectivity index (χ0n) is 16.1. The normalized spacial score (nSPS) is 29.9. The van der Waals surface area contributed by atoms with Gasteiger partial charge >= 0.3 is 0 Å². The topological polar surface area (TPSA) is 40.6 Å². The zero-order chi connectivity index (χ0) is 18.3. The number of hydrogen-bond donors (Lipinski definition) is 1. The molecule has 0 spiro atoms. The number of ketones is 1. The van der Waals surface area contributed by atoms with Gasteiger partial charge in [-0.1, -0.05) is 40.5 Å². The Hall–Kier alpha value is -0.550. The van der Waals surface area contributed by atoms with Crippen molar-refractivity contribution in [3.05, 3.63) is 0 Å². The first-order valence-corrected chi connectivity index (χ1v) is 10.2. The summed E-state index contributed by atoms with van der Waals surface area (Å²) in [6.07, 6.45) is 5.01. The molecule has 0 aromatic carbocycles. The van der Waals surface area contributed by atoms with Gasteiger partial charge in [0.15, 0.2) is 0 Å². The van der Waals surface area contributed by atoms with Gasteiger partial charge in [-0.3, -0.25) is 13.9 Å². The maximum absolute atomic E-state index is 12.8. The predicted molar refractivity (Wildman–Crippen MR) is 103 cm³/mol. The van der Waals surface area contributed by atoms with Gasteiger partial charge in [-0.2, -0.15) is 0 Å². The predicted octanol–water partition coefficient (Wildman–Crippen LogP) is 3.81. The largest absolute Gasteiger partial charge is 0.338 e. The molecule has 0 radical (unpaired) electrons. The number of thiol groups is 1. The standard InChI is InChI=1S/C15H24N2O2S.2C2H6/c1-10(18)13-8-11-2-3-14(13)17(9-11)15(19)12-4-6-16(20)7-5-12;2*1-2/h11-14,20H,2-9H2,1H3;2*1-2H3. The van der Waals surface area contributed by atoms with Crippen molar-refractivity contribution in [2.24, 2.45) is 17.8 Å². The molecular weight excluding hydrogens is 320 g/mol. The maximum atomic E-state index is 12.8. The molecule has 4 nitrogen and oxygen atoms in total. The van der Waals surface area contributed by atoms with Gasteiger partial charge in [-0.05, 0) is 44.9 Å². The number of fused-ring (bicyclic) bond motifs is 3. The average molecular weight is 357 g/mol. The van der Waals surface area contributed by atoms with E-state index in [2.05, 4.69) is 17.7 Å². The highest BCUT2D eigenvalue weighted by Gasteiger charge is 2.45. The van der Waals surface area contributed by atoms with Crippen molar-refractivity contribution in [3.63, 3.8) is 0 Å². The molecule has 1 aliphatic carbocycles. The summed E-state index contributed by atoms with van der Waals surface area (Å²) in [6, 6.07) is 0.180. The molecule has 3 aliphatic heterocycles. The van der Waals surface area contributed by atoms with Crippen LogP contribution in [0, 0.1) is 17.8 Å². The van der Waals surface area contributed by atoms with Crippen LogP contribution in [-0.4, -0.2) is 46.6 Å². The summed E-state index contributed by atoms with van der Waals surface area (Å²) in [5, 5.41) is 0. The van der Waals surface area contributed by atoms with E-state index in [0.717, 1.165) is 45.3 Å². The van der Waals surface area contributed by atoms with Crippen LogP contribution in [0.4, 0.5) is 0 Å². The molecule has 3 unspecified atom stereocenters. The van der Waals surface area contributed by atoms with Crippen LogP contribution in [0.15, 0.2) is 0 Å². The summed E-state index contributed by atoms with van der Waals surface area (Å²) < 4.78 is 1.99. The molecule has 140 valence electrons. The highest BCUT2D eigenvalue weighted by molar-refractivity contribution is 7.77. The van der Waals surface area contributed by atoms with Crippen LogP contribution >= 0.6 is 12.8 Å². The van der Waals surface area contributed by atoms with Gasteiger partial charge in [0, 0.05) is 37.5 Å². The molecule has 24 heavy (non-hydrogen) atoms. The Morgan fingerprint density at radius 3 is 2.04 bits per heavy atom. The maximum Gasteiger partial charge on any atom is 0.226 e. The third kappa shape index (κ3) is 4.98. The second kappa shape index (κ2) is 10.4. The first-order valence-electron chi connectivity index (χ1n) is 9.81. The fourth-order valence-electron chi connectivity index (χ4n) is 4.23. The molecule has 4 fully saturated rings. The molecule has 1 saturated carbocycles. The molecule has 4 rings (SSSR count). The first kappa shape index (κ1) is 21.5. The Morgan fingerprint density at radius 1 is 0.958 bits per heavy atom. The van der Waals surface area contributed by atoms with E-state index in [-0.39, 0.29) is 23.7 Å². The van der Waals surface area contributed by atoms with Crippen LogP contribution in [0.2, 0.25) is 0 Å². The Kier molecular flexibility index (Phi) is 9.35. The van der Waals surface area contributed by atoms with Crippen LogP contribution in [0.25, 0.3) is 0 Å². The molecule has 3 saturated heterocycles. The summed E-state index contributed by atoms with van der Waals surface area (Å²) in [6.45, 7) is 12.3. The first-order chi connectivity index (χ1) is 11.6. The van der Waals surface area contributed by atoms with Gasteiger partial charge in [0.1, 0.15) is 5.78 Å². The number of piperidine rings is 3. The SMILES string of the molecule is CC.CC.CC(=O)C1CC2CCC1N(C(=O)C1CCN(S)CC1)C2. The van der Waals surface area contributed by atoms with Gasteiger partial charge < -0.3 is 4.90 Å². The monoisotopic (exact) mass is 356 g/mol. The van der Waals surface area contributed by atoms with Gasteiger partial charge in [-0.25, -0.2) is 0 Å². The number of Topliss-reactive ketones (excluding diaryl/α,β-unsaturated/α-hetero) is 1. The molecule has 0 aromatic heterocycles. The highest BCUT2D eigenvalue weighted by atomic mass is 32.1. The minimum absolute atomic E-state index is 0.0939. The molecule has 2 bridgehead atoms. The Bertz CT molecular complexity index is 408. The number of nitrogens with zero attached hydrogens (tertiary/aromatic N) is 2. The smallest absolute Gasteiger partial charge is 0.226 e. The van der Waals surface area contributed by atoms with Crippen LogP contribution in [-0.2, 0) is 9.59 Å². The number of rotatable bonds is 2. The Balaban J connectivity index is 0.000000671. The van der Waals surface area contributed by atoms with E-state index in [1.54, 1.807) is 6.92 Å². The molecule has 3 heterocycles. The second-order valence-electron chi connectivity index (χ2n) is 6.68. The van der Waals surface area contributed by atoms with Gasteiger partial charge in [-0.15, -0.1) is 0 Å². The Labute approximate surface area is 153 Å². The van der Waals surface area contributed by atoms with Crippen LogP contribution in [0.1, 0.15) is 66.7 Å². The quantitative estimate of drug-likeness (QED) is 0.765. The molecule has 4 aliphatic rings. The van der Waals surface area contributed by atoms with E-state index in [1.807, 2.05) is 32.0 Å². The lowest BCUT2D eigenvalue weighted by Gasteiger charge is -2.50. The Morgan fingerprint density at radius 2 is 1.54 bits per heavy atom. The van der Waals surface area contributed by atoms with Crippen LogP contribution in [0.5, 0.6) is 0 Å². The minimum atomic E-state index is 0.0939. The van der Waals surface area contributed by atoms with E-state index in [4.69, 9.17) is 0 Å². The zero-order valence-corrected chi connectivity index (χ0v) is 17.0. The summed E-state index contributed by atoms with van der Waals surface area (Å²) in [5.74, 6) is 1.35. The minimum Gasteiger partial charge on any atom is -0.338 e. The lowest BCUT2D eigenvalue weighted by molar-refractivity contribution is -0.150. The molecule has 0 N–H and O–H groups in total. The van der Waals surface area contributed by atoms with Crippen LogP contribution in [0.3, 0.4) is 0 Å². The van der Waals surface area contributed by atoms with Crippen molar-refractivity contribution in [2.45, 2.75) is 72.8 Å².